The lowest BCUT2D eigenvalue weighted by Crippen LogP contribution is -2.29. The molecule has 0 spiro atoms. The predicted octanol–water partition coefficient (Wildman–Crippen LogP) is 4.98. The molecule has 3 aromatic rings. The molecule has 0 saturated carbocycles. The first kappa shape index (κ1) is 21.8. The lowest BCUT2D eigenvalue weighted by atomic mass is 10.0. The molecule has 3 rings (SSSR count). The molecular formula is C22H16F3N3O3. The van der Waals surface area contributed by atoms with Crippen molar-refractivity contribution in [3.05, 3.63) is 96.8 Å². The second-order valence-corrected chi connectivity index (χ2v) is 7.05. The number of benzene rings is 2. The van der Waals surface area contributed by atoms with Crippen LogP contribution in [0.2, 0.25) is 0 Å². The molecule has 0 fully saturated rings. The number of aryl methyl sites for hydroxylation is 2. The minimum Gasteiger partial charge on any atom is -0.303 e. The van der Waals surface area contributed by atoms with Crippen molar-refractivity contribution in [2.24, 2.45) is 0 Å². The number of nitro groups is 1. The SMILES string of the molecule is Cc1ccc(Cn2c(-c3ccc([N+](=O)[O-])cc3)cc(C(F)(F)F)c(C#N)c2=O)c(C)c1. The summed E-state index contributed by atoms with van der Waals surface area (Å²) in [5.74, 6) is 0. The fraction of sp³-hybridized carbons (Fsp3) is 0.182. The second kappa shape index (κ2) is 8.07. The zero-order chi connectivity index (χ0) is 22.9. The molecule has 0 aliphatic rings. The van der Waals surface area contributed by atoms with Gasteiger partial charge in [-0.05, 0) is 48.7 Å². The lowest BCUT2D eigenvalue weighted by molar-refractivity contribution is -0.384. The minimum absolute atomic E-state index is 0.0654. The van der Waals surface area contributed by atoms with Gasteiger partial charge in [-0.3, -0.25) is 14.9 Å². The fourth-order valence-corrected chi connectivity index (χ4v) is 3.32. The Bertz CT molecular complexity index is 1270. The van der Waals surface area contributed by atoms with Crippen LogP contribution in [0.25, 0.3) is 11.3 Å². The molecule has 31 heavy (non-hydrogen) atoms. The van der Waals surface area contributed by atoms with Crippen molar-refractivity contribution in [3.8, 4) is 17.3 Å². The highest BCUT2D eigenvalue weighted by Crippen LogP contribution is 2.34. The Kier molecular flexibility index (Phi) is 5.66. The fourth-order valence-electron chi connectivity index (χ4n) is 3.32. The minimum atomic E-state index is -4.92. The number of alkyl halides is 3. The second-order valence-electron chi connectivity index (χ2n) is 7.05. The van der Waals surface area contributed by atoms with Crippen LogP contribution in [0.15, 0.2) is 53.3 Å². The van der Waals surface area contributed by atoms with Crippen molar-refractivity contribution < 1.29 is 18.1 Å². The molecule has 6 nitrogen and oxygen atoms in total. The Balaban J connectivity index is 2.30. The van der Waals surface area contributed by atoms with E-state index in [9.17, 15) is 33.3 Å². The number of pyridine rings is 1. The van der Waals surface area contributed by atoms with Crippen molar-refractivity contribution in [2.75, 3.05) is 0 Å². The molecule has 158 valence electrons. The van der Waals surface area contributed by atoms with Crippen LogP contribution in [0.4, 0.5) is 18.9 Å². The number of non-ortho nitro benzene ring substituents is 1. The van der Waals surface area contributed by atoms with E-state index in [1.54, 1.807) is 6.07 Å². The van der Waals surface area contributed by atoms with Crippen LogP contribution >= 0.6 is 0 Å². The van der Waals surface area contributed by atoms with Crippen LogP contribution in [0, 0.1) is 35.3 Å². The van der Waals surface area contributed by atoms with Gasteiger partial charge in [-0.2, -0.15) is 18.4 Å². The Morgan fingerprint density at radius 2 is 1.74 bits per heavy atom. The van der Waals surface area contributed by atoms with E-state index >= 15 is 0 Å². The van der Waals surface area contributed by atoms with E-state index in [1.165, 1.54) is 18.2 Å². The van der Waals surface area contributed by atoms with Gasteiger partial charge in [0.15, 0.2) is 0 Å². The van der Waals surface area contributed by atoms with Gasteiger partial charge < -0.3 is 4.57 Å². The van der Waals surface area contributed by atoms with Crippen LogP contribution in [-0.4, -0.2) is 9.49 Å². The smallest absolute Gasteiger partial charge is 0.303 e. The predicted molar refractivity (Wildman–Crippen MR) is 108 cm³/mol. The summed E-state index contributed by atoms with van der Waals surface area (Å²) in [4.78, 5) is 23.2. The number of aromatic nitrogens is 1. The van der Waals surface area contributed by atoms with E-state index in [0.29, 0.717) is 5.56 Å². The summed E-state index contributed by atoms with van der Waals surface area (Å²) in [5, 5.41) is 20.2. The number of nitrogens with zero attached hydrogens (tertiary/aromatic N) is 3. The number of hydrogen-bond acceptors (Lipinski definition) is 4. The van der Waals surface area contributed by atoms with Crippen LogP contribution in [0.5, 0.6) is 0 Å². The van der Waals surface area contributed by atoms with Crippen LogP contribution in [0.1, 0.15) is 27.8 Å². The van der Waals surface area contributed by atoms with Crippen molar-refractivity contribution in [2.45, 2.75) is 26.6 Å². The van der Waals surface area contributed by atoms with Gasteiger partial charge in [-0.1, -0.05) is 23.8 Å². The topological polar surface area (TPSA) is 88.9 Å². The first-order valence-electron chi connectivity index (χ1n) is 9.09. The van der Waals surface area contributed by atoms with E-state index < -0.39 is 27.8 Å². The molecular weight excluding hydrogens is 411 g/mol. The average molecular weight is 427 g/mol. The largest absolute Gasteiger partial charge is 0.417 e. The van der Waals surface area contributed by atoms with Gasteiger partial charge >= 0.3 is 6.18 Å². The molecule has 0 atom stereocenters. The average Bonchev–Trinajstić information content (AvgIpc) is 2.70. The van der Waals surface area contributed by atoms with Gasteiger partial charge in [0.1, 0.15) is 11.6 Å². The summed E-state index contributed by atoms with van der Waals surface area (Å²) in [7, 11) is 0. The molecule has 0 aliphatic carbocycles. The molecule has 0 bridgehead atoms. The van der Waals surface area contributed by atoms with Gasteiger partial charge in [0.25, 0.3) is 11.2 Å². The Labute approximate surface area is 175 Å². The number of nitriles is 1. The molecule has 2 aromatic carbocycles. The van der Waals surface area contributed by atoms with Gasteiger partial charge in [-0.25, -0.2) is 0 Å². The maximum Gasteiger partial charge on any atom is 0.417 e. The Hall–Kier alpha value is -3.93. The first-order valence-corrected chi connectivity index (χ1v) is 9.09. The van der Waals surface area contributed by atoms with E-state index in [4.69, 9.17) is 0 Å². The molecule has 0 N–H and O–H groups in total. The normalized spacial score (nSPS) is 11.2. The van der Waals surface area contributed by atoms with Crippen molar-refractivity contribution >= 4 is 5.69 Å². The van der Waals surface area contributed by atoms with Crippen LogP contribution in [-0.2, 0) is 12.7 Å². The van der Waals surface area contributed by atoms with Gasteiger partial charge in [0.05, 0.1) is 22.7 Å². The third kappa shape index (κ3) is 4.33. The van der Waals surface area contributed by atoms with E-state index in [1.807, 2.05) is 26.0 Å². The molecule has 9 heteroatoms. The van der Waals surface area contributed by atoms with Gasteiger partial charge in [-0.15, -0.1) is 0 Å². The third-order valence-electron chi connectivity index (χ3n) is 4.92. The molecule has 0 saturated heterocycles. The Morgan fingerprint density at radius 1 is 1.10 bits per heavy atom. The summed E-state index contributed by atoms with van der Waals surface area (Å²) < 4.78 is 41.8. The zero-order valence-corrected chi connectivity index (χ0v) is 16.5. The highest BCUT2D eigenvalue weighted by Gasteiger charge is 2.36. The summed E-state index contributed by atoms with van der Waals surface area (Å²) in [6, 6.07) is 12.4. The molecule has 1 heterocycles. The molecule has 0 unspecified atom stereocenters. The van der Waals surface area contributed by atoms with Crippen molar-refractivity contribution in [1.82, 2.24) is 4.57 Å². The standard InChI is InChI=1S/C22H16F3N3O3/c1-13-3-4-16(14(2)9-13)12-27-20(15-5-7-17(8-6-15)28(30)31)10-19(22(23,24)25)18(11-26)21(27)29/h3-10H,12H2,1-2H3. The summed E-state index contributed by atoms with van der Waals surface area (Å²) in [6.07, 6.45) is -4.92. The van der Waals surface area contributed by atoms with Crippen molar-refractivity contribution in [3.63, 3.8) is 0 Å². The maximum absolute atomic E-state index is 13.6. The highest BCUT2D eigenvalue weighted by molar-refractivity contribution is 5.64. The highest BCUT2D eigenvalue weighted by atomic mass is 19.4. The van der Waals surface area contributed by atoms with Gasteiger partial charge in [0, 0.05) is 12.1 Å². The first-order chi connectivity index (χ1) is 14.5. The number of hydrogen-bond donors (Lipinski definition) is 0. The summed E-state index contributed by atoms with van der Waals surface area (Å²) in [6.45, 7) is 3.63. The number of nitro benzene ring substituents is 1. The monoisotopic (exact) mass is 427 g/mol. The van der Waals surface area contributed by atoms with E-state index in [0.717, 1.165) is 33.9 Å². The van der Waals surface area contributed by atoms with E-state index in [-0.39, 0.29) is 23.5 Å². The third-order valence-corrected chi connectivity index (χ3v) is 4.92. The molecule has 0 radical (unpaired) electrons. The number of halogens is 3. The molecule has 1 aromatic heterocycles. The number of rotatable bonds is 4. The van der Waals surface area contributed by atoms with E-state index in [2.05, 4.69) is 0 Å². The lowest BCUT2D eigenvalue weighted by Gasteiger charge is -2.18. The zero-order valence-electron chi connectivity index (χ0n) is 16.5. The quantitative estimate of drug-likeness (QED) is 0.434. The summed E-state index contributed by atoms with van der Waals surface area (Å²) >= 11 is 0. The summed E-state index contributed by atoms with van der Waals surface area (Å²) in [5.41, 5.74) is -1.06. The molecule has 0 amide bonds. The van der Waals surface area contributed by atoms with Gasteiger partial charge in [0.2, 0.25) is 0 Å². The Morgan fingerprint density at radius 3 is 2.26 bits per heavy atom. The maximum atomic E-state index is 13.6. The van der Waals surface area contributed by atoms with Crippen LogP contribution in [0.3, 0.4) is 0 Å². The van der Waals surface area contributed by atoms with Crippen LogP contribution < -0.4 is 5.56 Å². The molecule has 0 aliphatic heterocycles. The van der Waals surface area contributed by atoms with Crippen molar-refractivity contribution in [1.29, 1.82) is 5.26 Å².